The Morgan fingerprint density at radius 2 is 2.13 bits per heavy atom. The largest absolute Gasteiger partial charge is 0.364 e. The molecule has 7 heteroatoms. The van der Waals surface area contributed by atoms with Crippen molar-refractivity contribution in [1.82, 2.24) is 15.4 Å². The summed E-state index contributed by atoms with van der Waals surface area (Å²) >= 11 is 0. The molecule has 1 N–H and O–H groups in total. The molecule has 0 bridgehead atoms. The van der Waals surface area contributed by atoms with E-state index in [-0.39, 0.29) is 18.4 Å². The maximum atomic E-state index is 12.7. The van der Waals surface area contributed by atoms with Gasteiger partial charge in [-0.3, -0.25) is 9.59 Å². The second-order valence-corrected chi connectivity index (χ2v) is 5.37. The van der Waals surface area contributed by atoms with Crippen LogP contribution in [0, 0.1) is 0 Å². The molecule has 23 heavy (non-hydrogen) atoms. The fourth-order valence-electron chi connectivity index (χ4n) is 2.54. The molecule has 0 saturated carbocycles. The molecule has 1 aromatic heterocycles. The molecule has 0 spiro atoms. The van der Waals surface area contributed by atoms with Gasteiger partial charge in [-0.05, 0) is 5.56 Å². The Labute approximate surface area is 133 Å². The number of carbonyl (C=O) groups excluding carboxylic acids is 2. The lowest BCUT2D eigenvalue weighted by Gasteiger charge is -2.33. The van der Waals surface area contributed by atoms with Crippen LogP contribution in [0.25, 0.3) is 0 Å². The lowest BCUT2D eigenvalue weighted by Crippen LogP contribution is -2.52. The molecule has 1 aromatic carbocycles. The number of ether oxygens (including phenoxy) is 1. The number of hydrogen-bond acceptors (Lipinski definition) is 5. The van der Waals surface area contributed by atoms with Crippen LogP contribution in [0.3, 0.4) is 0 Å². The Kier molecular flexibility index (Phi) is 4.38. The zero-order chi connectivity index (χ0) is 16.2. The number of aromatic nitrogens is 1. The molecule has 3 rings (SSSR count). The minimum Gasteiger partial charge on any atom is -0.364 e. The highest BCUT2D eigenvalue weighted by molar-refractivity contribution is 5.86. The first-order chi connectivity index (χ1) is 11.1. The number of rotatable bonds is 4. The number of nitrogens with zero attached hydrogens (tertiary/aromatic N) is 2. The number of benzene rings is 1. The van der Waals surface area contributed by atoms with Gasteiger partial charge in [-0.1, -0.05) is 35.5 Å². The van der Waals surface area contributed by atoms with Gasteiger partial charge in [0.05, 0.1) is 12.6 Å². The Balaban J connectivity index is 1.77. The predicted octanol–water partition coefficient (Wildman–Crippen LogP) is 0.889. The van der Waals surface area contributed by atoms with Crippen LogP contribution in [0.1, 0.15) is 17.3 Å². The topological polar surface area (TPSA) is 84.7 Å². The molecular weight excluding hydrogens is 298 g/mol. The zero-order valence-electron chi connectivity index (χ0n) is 12.6. The Bertz CT molecular complexity index is 672. The molecule has 2 unspecified atom stereocenters. The molecule has 2 atom stereocenters. The first-order valence-corrected chi connectivity index (χ1v) is 7.25. The van der Waals surface area contributed by atoms with Gasteiger partial charge in [0.15, 0.2) is 6.10 Å². The highest BCUT2D eigenvalue weighted by Gasteiger charge is 2.37. The van der Waals surface area contributed by atoms with E-state index < -0.39 is 12.1 Å². The van der Waals surface area contributed by atoms with Crippen molar-refractivity contribution < 1.29 is 18.8 Å². The SMILES string of the molecule is CN(Cc1ccon1)C(=O)C1OCC(=O)NC1c1ccccc1. The summed E-state index contributed by atoms with van der Waals surface area (Å²) in [7, 11) is 1.67. The molecule has 2 aromatic rings. The summed E-state index contributed by atoms with van der Waals surface area (Å²) in [5.41, 5.74) is 1.48. The van der Waals surface area contributed by atoms with E-state index in [4.69, 9.17) is 9.26 Å². The summed E-state index contributed by atoms with van der Waals surface area (Å²) in [5.74, 6) is -0.455. The summed E-state index contributed by atoms with van der Waals surface area (Å²) in [6, 6.07) is 10.5. The Hall–Kier alpha value is -2.67. The standard InChI is InChI=1S/C16H17N3O4/c1-19(9-12-7-8-23-18-12)16(21)15-14(17-13(20)10-22-15)11-5-3-2-4-6-11/h2-8,14-15H,9-10H2,1H3,(H,17,20). The molecule has 1 aliphatic rings. The van der Waals surface area contributed by atoms with Gasteiger partial charge in [0.25, 0.3) is 5.91 Å². The molecule has 0 aliphatic carbocycles. The number of amides is 2. The molecule has 2 amide bonds. The van der Waals surface area contributed by atoms with Crippen LogP contribution in [0.4, 0.5) is 0 Å². The lowest BCUT2D eigenvalue weighted by atomic mass is 9.99. The Morgan fingerprint density at radius 3 is 2.83 bits per heavy atom. The summed E-state index contributed by atoms with van der Waals surface area (Å²) < 4.78 is 10.3. The first kappa shape index (κ1) is 15.2. The minimum absolute atomic E-state index is 0.127. The molecule has 1 aliphatic heterocycles. The minimum atomic E-state index is -0.771. The van der Waals surface area contributed by atoms with Crippen LogP contribution in [0.2, 0.25) is 0 Å². The van der Waals surface area contributed by atoms with Crippen molar-refractivity contribution in [2.75, 3.05) is 13.7 Å². The fraction of sp³-hybridized carbons (Fsp3) is 0.312. The highest BCUT2D eigenvalue weighted by Crippen LogP contribution is 2.24. The van der Waals surface area contributed by atoms with E-state index in [0.717, 1.165) is 5.56 Å². The van der Waals surface area contributed by atoms with E-state index in [2.05, 4.69) is 10.5 Å². The molecule has 0 radical (unpaired) electrons. The maximum absolute atomic E-state index is 12.7. The van der Waals surface area contributed by atoms with Gasteiger partial charge in [0.2, 0.25) is 5.91 Å². The van der Waals surface area contributed by atoms with E-state index in [9.17, 15) is 9.59 Å². The summed E-state index contributed by atoms with van der Waals surface area (Å²) in [6.45, 7) is 0.183. The molecule has 7 nitrogen and oxygen atoms in total. The van der Waals surface area contributed by atoms with Crippen LogP contribution in [0.15, 0.2) is 47.2 Å². The van der Waals surface area contributed by atoms with Crippen LogP contribution in [-0.2, 0) is 20.9 Å². The van der Waals surface area contributed by atoms with Crippen LogP contribution in [0.5, 0.6) is 0 Å². The summed E-state index contributed by atoms with van der Waals surface area (Å²) in [5, 5.41) is 6.63. The molecule has 1 saturated heterocycles. The molecule has 1 fully saturated rings. The van der Waals surface area contributed by atoms with Crippen molar-refractivity contribution in [1.29, 1.82) is 0 Å². The number of carbonyl (C=O) groups is 2. The van der Waals surface area contributed by atoms with Crippen molar-refractivity contribution in [3.8, 4) is 0 Å². The summed E-state index contributed by atoms with van der Waals surface area (Å²) in [6.07, 6.45) is 0.685. The lowest BCUT2D eigenvalue weighted by molar-refractivity contribution is -0.154. The Morgan fingerprint density at radius 1 is 1.35 bits per heavy atom. The number of nitrogens with one attached hydrogen (secondary N) is 1. The van der Waals surface area contributed by atoms with Gasteiger partial charge >= 0.3 is 0 Å². The average molecular weight is 315 g/mol. The second-order valence-electron chi connectivity index (χ2n) is 5.37. The van der Waals surface area contributed by atoms with E-state index in [1.54, 1.807) is 13.1 Å². The van der Waals surface area contributed by atoms with Crippen LogP contribution >= 0.6 is 0 Å². The third-order valence-electron chi connectivity index (χ3n) is 3.68. The molecule has 120 valence electrons. The molecular formula is C16H17N3O4. The zero-order valence-corrected chi connectivity index (χ0v) is 12.6. The van der Waals surface area contributed by atoms with Crippen LogP contribution in [-0.4, -0.2) is 41.6 Å². The van der Waals surface area contributed by atoms with E-state index in [0.29, 0.717) is 12.2 Å². The predicted molar refractivity (Wildman–Crippen MR) is 80.0 cm³/mol. The summed E-state index contributed by atoms with van der Waals surface area (Å²) in [4.78, 5) is 25.9. The van der Waals surface area contributed by atoms with Gasteiger partial charge in [0, 0.05) is 13.1 Å². The number of hydrogen-bond donors (Lipinski definition) is 1. The third kappa shape index (κ3) is 3.40. The maximum Gasteiger partial charge on any atom is 0.254 e. The quantitative estimate of drug-likeness (QED) is 0.906. The van der Waals surface area contributed by atoms with Crippen molar-refractivity contribution in [3.05, 3.63) is 53.9 Å². The van der Waals surface area contributed by atoms with Gasteiger partial charge in [-0.25, -0.2) is 0 Å². The van der Waals surface area contributed by atoms with Gasteiger partial charge < -0.3 is 19.5 Å². The van der Waals surface area contributed by atoms with E-state index in [1.165, 1.54) is 11.2 Å². The fourth-order valence-corrected chi connectivity index (χ4v) is 2.54. The van der Waals surface area contributed by atoms with Gasteiger partial charge in [-0.2, -0.15) is 0 Å². The smallest absolute Gasteiger partial charge is 0.254 e. The van der Waals surface area contributed by atoms with Crippen molar-refractivity contribution in [2.45, 2.75) is 18.7 Å². The monoisotopic (exact) mass is 315 g/mol. The molecule has 2 heterocycles. The number of likely N-dealkylation sites (N-methyl/N-ethyl adjacent to an activating group) is 1. The van der Waals surface area contributed by atoms with Crippen molar-refractivity contribution in [3.63, 3.8) is 0 Å². The number of morpholine rings is 1. The first-order valence-electron chi connectivity index (χ1n) is 7.25. The van der Waals surface area contributed by atoms with Crippen LogP contribution < -0.4 is 5.32 Å². The third-order valence-corrected chi connectivity index (χ3v) is 3.68. The van der Waals surface area contributed by atoms with Gasteiger partial charge in [-0.15, -0.1) is 0 Å². The van der Waals surface area contributed by atoms with Crippen molar-refractivity contribution >= 4 is 11.8 Å². The highest BCUT2D eigenvalue weighted by atomic mass is 16.5. The van der Waals surface area contributed by atoms with E-state index in [1.807, 2.05) is 30.3 Å². The second kappa shape index (κ2) is 6.62. The van der Waals surface area contributed by atoms with Gasteiger partial charge in [0.1, 0.15) is 18.6 Å². The van der Waals surface area contributed by atoms with E-state index >= 15 is 0 Å². The average Bonchev–Trinajstić information content (AvgIpc) is 3.08. The normalized spacial score (nSPS) is 20.8. The van der Waals surface area contributed by atoms with Crippen molar-refractivity contribution in [2.24, 2.45) is 0 Å².